The molecule has 1 heterocycles. The molecule has 1 amide bonds. The standard InChI is InChI=1S/C21H21BrFN3O2S/c1-13(2)11-26-20(28)17-9-15(22)5-8-18(17)25-21(26)29-12-19(27)24-10-14-3-6-16(23)7-4-14/h3-9,13H,10-12H2,1-2H3,(H,24,27). The highest BCUT2D eigenvalue weighted by Gasteiger charge is 2.14. The number of hydrogen-bond donors (Lipinski definition) is 1. The van der Waals surface area contributed by atoms with Crippen molar-refractivity contribution < 1.29 is 9.18 Å². The first-order chi connectivity index (χ1) is 13.8. The molecule has 0 aliphatic rings. The molecule has 3 aromatic rings. The highest BCUT2D eigenvalue weighted by atomic mass is 79.9. The molecular formula is C21H21BrFN3O2S. The van der Waals surface area contributed by atoms with E-state index in [1.54, 1.807) is 28.8 Å². The normalized spacial score (nSPS) is 11.2. The van der Waals surface area contributed by atoms with E-state index in [1.807, 2.05) is 19.9 Å². The zero-order valence-electron chi connectivity index (χ0n) is 16.1. The first-order valence-corrected chi connectivity index (χ1v) is 11.0. The molecule has 1 aromatic heterocycles. The van der Waals surface area contributed by atoms with Crippen LogP contribution in [0.5, 0.6) is 0 Å². The average Bonchev–Trinajstić information content (AvgIpc) is 2.68. The van der Waals surface area contributed by atoms with Gasteiger partial charge in [0.15, 0.2) is 5.16 Å². The summed E-state index contributed by atoms with van der Waals surface area (Å²) in [5, 5.41) is 3.87. The fraction of sp³-hybridized carbons (Fsp3) is 0.286. The molecule has 0 atom stereocenters. The van der Waals surface area contributed by atoms with E-state index in [0.29, 0.717) is 29.1 Å². The Bertz CT molecular complexity index is 1080. The summed E-state index contributed by atoms with van der Waals surface area (Å²) >= 11 is 4.63. The van der Waals surface area contributed by atoms with Crippen molar-refractivity contribution in [2.24, 2.45) is 5.92 Å². The topological polar surface area (TPSA) is 64.0 Å². The van der Waals surface area contributed by atoms with Crippen molar-refractivity contribution >= 4 is 44.5 Å². The number of amides is 1. The van der Waals surface area contributed by atoms with E-state index >= 15 is 0 Å². The maximum absolute atomic E-state index is 13.0. The lowest BCUT2D eigenvalue weighted by molar-refractivity contribution is -0.118. The quantitative estimate of drug-likeness (QED) is 0.405. The summed E-state index contributed by atoms with van der Waals surface area (Å²) in [4.78, 5) is 29.8. The van der Waals surface area contributed by atoms with Crippen molar-refractivity contribution in [3.05, 3.63) is 68.7 Å². The van der Waals surface area contributed by atoms with E-state index in [2.05, 4.69) is 26.2 Å². The van der Waals surface area contributed by atoms with Gasteiger partial charge in [0.2, 0.25) is 5.91 Å². The zero-order chi connectivity index (χ0) is 21.0. The van der Waals surface area contributed by atoms with Gasteiger partial charge in [-0.3, -0.25) is 14.2 Å². The number of fused-ring (bicyclic) bond motifs is 1. The predicted molar refractivity (Wildman–Crippen MR) is 118 cm³/mol. The Morgan fingerprint density at radius 2 is 1.97 bits per heavy atom. The van der Waals surface area contributed by atoms with Crippen LogP contribution in [0.3, 0.4) is 0 Å². The van der Waals surface area contributed by atoms with Crippen LogP contribution >= 0.6 is 27.7 Å². The second kappa shape index (κ2) is 9.54. The lowest BCUT2D eigenvalue weighted by Gasteiger charge is -2.15. The van der Waals surface area contributed by atoms with Crippen molar-refractivity contribution in [2.75, 3.05) is 5.75 Å². The minimum Gasteiger partial charge on any atom is -0.351 e. The first-order valence-electron chi connectivity index (χ1n) is 9.17. The summed E-state index contributed by atoms with van der Waals surface area (Å²) in [7, 11) is 0. The maximum atomic E-state index is 13.0. The van der Waals surface area contributed by atoms with Crippen molar-refractivity contribution in [2.45, 2.75) is 32.1 Å². The number of nitrogens with one attached hydrogen (secondary N) is 1. The van der Waals surface area contributed by atoms with E-state index in [4.69, 9.17) is 0 Å². The van der Waals surface area contributed by atoms with Crippen molar-refractivity contribution in [3.8, 4) is 0 Å². The van der Waals surface area contributed by atoms with E-state index in [-0.39, 0.29) is 29.0 Å². The SMILES string of the molecule is CC(C)Cn1c(SCC(=O)NCc2ccc(F)cc2)nc2ccc(Br)cc2c1=O. The molecule has 0 unspecified atom stereocenters. The van der Waals surface area contributed by atoms with Crippen LogP contribution in [0.25, 0.3) is 10.9 Å². The van der Waals surface area contributed by atoms with Gasteiger partial charge >= 0.3 is 0 Å². The fourth-order valence-electron chi connectivity index (χ4n) is 2.79. The van der Waals surface area contributed by atoms with Crippen molar-refractivity contribution in [3.63, 3.8) is 0 Å². The Kier molecular flexibility index (Phi) is 7.08. The highest BCUT2D eigenvalue weighted by molar-refractivity contribution is 9.10. The number of halogens is 2. The van der Waals surface area contributed by atoms with Gasteiger partial charge < -0.3 is 5.32 Å². The van der Waals surface area contributed by atoms with E-state index < -0.39 is 0 Å². The van der Waals surface area contributed by atoms with Crippen LogP contribution in [-0.2, 0) is 17.9 Å². The minimum absolute atomic E-state index is 0.112. The number of thioether (sulfide) groups is 1. The molecule has 152 valence electrons. The Labute approximate surface area is 180 Å². The predicted octanol–water partition coefficient (Wildman–Crippen LogP) is 4.36. The molecule has 0 radical (unpaired) electrons. The van der Waals surface area contributed by atoms with Crippen LogP contribution in [0.15, 0.2) is 56.9 Å². The number of nitrogens with zero attached hydrogens (tertiary/aromatic N) is 2. The molecule has 3 rings (SSSR count). The molecule has 8 heteroatoms. The van der Waals surface area contributed by atoms with Gasteiger partial charge in [0.25, 0.3) is 5.56 Å². The van der Waals surface area contributed by atoms with Crippen LogP contribution in [0, 0.1) is 11.7 Å². The van der Waals surface area contributed by atoms with Crippen LogP contribution < -0.4 is 10.9 Å². The molecule has 0 saturated heterocycles. The summed E-state index contributed by atoms with van der Waals surface area (Å²) in [5.41, 5.74) is 1.31. The summed E-state index contributed by atoms with van der Waals surface area (Å²) in [6.07, 6.45) is 0. The van der Waals surface area contributed by atoms with Crippen LogP contribution in [-0.4, -0.2) is 21.2 Å². The molecular weight excluding hydrogens is 457 g/mol. The molecule has 0 aliphatic heterocycles. The Morgan fingerprint density at radius 3 is 2.66 bits per heavy atom. The second-order valence-corrected chi connectivity index (χ2v) is 8.92. The monoisotopic (exact) mass is 477 g/mol. The Hall–Kier alpha value is -2.19. The van der Waals surface area contributed by atoms with Crippen LogP contribution in [0.4, 0.5) is 4.39 Å². The molecule has 0 saturated carbocycles. The average molecular weight is 478 g/mol. The third-order valence-electron chi connectivity index (χ3n) is 4.16. The fourth-order valence-corrected chi connectivity index (χ4v) is 3.99. The van der Waals surface area contributed by atoms with Gasteiger partial charge in [0.05, 0.1) is 16.7 Å². The summed E-state index contributed by atoms with van der Waals surface area (Å²) in [5.74, 6) is -0.104. The molecule has 0 bridgehead atoms. The molecule has 2 aromatic carbocycles. The van der Waals surface area contributed by atoms with Crippen molar-refractivity contribution in [1.29, 1.82) is 0 Å². The molecule has 5 nitrogen and oxygen atoms in total. The molecule has 0 aliphatic carbocycles. The van der Waals surface area contributed by atoms with Gasteiger partial charge in [0, 0.05) is 17.6 Å². The summed E-state index contributed by atoms with van der Waals surface area (Å²) < 4.78 is 15.4. The van der Waals surface area contributed by atoms with Gasteiger partial charge in [-0.15, -0.1) is 0 Å². The van der Waals surface area contributed by atoms with E-state index in [1.165, 1.54) is 23.9 Å². The Morgan fingerprint density at radius 1 is 1.24 bits per heavy atom. The lowest BCUT2D eigenvalue weighted by atomic mass is 10.2. The first kappa shape index (κ1) is 21.5. The van der Waals surface area contributed by atoms with Gasteiger partial charge in [-0.25, -0.2) is 9.37 Å². The smallest absolute Gasteiger partial charge is 0.262 e. The number of hydrogen-bond acceptors (Lipinski definition) is 4. The third kappa shape index (κ3) is 5.67. The summed E-state index contributed by atoms with van der Waals surface area (Å²) in [6, 6.07) is 11.4. The maximum Gasteiger partial charge on any atom is 0.262 e. The van der Waals surface area contributed by atoms with Gasteiger partial charge in [-0.2, -0.15) is 0 Å². The number of benzene rings is 2. The number of aromatic nitrogens is 2. The van der Waals surface area contributed by atoms with Crippen molar-refractivity contribution in [1.82, 2.24) is 14.9 Å². The van der Waals surface area contributed by atoms with Gasteiger partial charge in [-0.1, -0.05) is 53.7 Å². The number of carbonyl (C=O) groups excluding carboxylic acids is 1. The molecule has 29 heavy (non-hydrogen) atoms. The van der Waals surface area contributed by atoms with E-state index in [9.17, 15) is 14.0 Å². The number of carbonyl (C=O) groups is 1. The van der Waals surface area contributed by atoms with E-state index in [0.717, 1.165) is 10.0 Å². The zero-order valence-corrected chi connectivity index (χ0v) is 18.5. The van der Waals surface area contributed by atoms with Gasteiger partial charge in [0.1, 0.15) is 5.82 Å². The molecule has 1 N–H and O–H groups in total. The third-order valence-corrected chi connectivity index (χ3v) is 5.63. The summed E-state index contributed by atoms with van der Waals surface area (Å²) in [6.45, 7) is 4.90. The number of rotatable bonds is 7. The van der Waals surface area contributed by atoms with Gasteiger partial charge in [-0.05, 0) is 41.8 Å². The molecule has 0 spiro atoms. The Balaban J connectivity index is 1.75. The van der Waals surface area contributed by atoms with Crippen LogP contribution in [0.1, 0.15) is 19.4 Å². The largest absolute Gasteiger partial charge is 0.351 e. The van der Waals surface area contributed by atoms with Crippen LogP contribution in [0.2, 0.25) is 0 Å². The lowest BCUT2D eigenvalue weighted by Crippen LogP contribution is -2.27. The molecule has 0 fully saturated rings. The highest BCUT2D eigenvalue weighted by Crippen LogP contribution is 2.21. The second-order valence-electron chi connectivity index (χ2n) is 7.06. The minimum atomic E-state index is -0.312.